The Balaban J connectivity index is 2.37. The number of hydrogen-bond donors (Lipinski definition) is 1. The predicted molar refractivity (Wildman–Crippen MR) is 75.1 cm³/mol. The van der Waals surface area contributed by atoms with Gasteiger partial charge in [-0.15, -0.1) is 0 Å². The molecule has 0 saturated carbocycles. The number of nitro benzene ring substituents is 1. The molecule has 0 amide bonds. The maximum absolute atomic E-state index is 11.0. The van der Waals surface area contributed by atoms with E-state index in [0.717, 1.165) is 16.7 Å². The van der Waals surface area contributed by atoms with Gasteiger partial charge in [0, 0.05) is 11.5 Å². The van der Waals surface area contributed by atoms with E-state index >= 15 is 0 Å². The van der Waals surface area contributed by atoms with E-state index in [1.165, 1.54) is 5.56 Å². The fourth-order valence-corrected chi connectivity index (χ4v) is 2.91. The summed E-state index contributed by atoms with van der Waals surface area (Å²) in [7, 11) is 0. The molecule has 96 valence electrons. The van der Waals surface area contributed by atoms with Gasteiger partial charge in [-0.2, -0.15) is 0 Å². The zero-order valence-corrected chi connectivity index (χ0v) is 10.8. The fraction of sp³-hybridized carbons (Fsp3) is 0.200. The monoisotopic (exact) mass is 254 g/mol. The summed E-state index contributed by atoms with van der Waals surface area (Å²) in [5, 5.41) is 11.0. The van der Waals surface area contributed by atoms with E-state index in [1.807, 2.05) is 18.2 Å². The van der Waals surface area contributed by atoms with Crippen molar-refractivity contribution >= 4 is 11.4 Å². The number of nitrogens with two attached hydrogens (primary N) is 1. The Labute approximate surface area is 111 Å². The molecule has 0 bridgehead atoms. The predicted octanol–water partition coefficient (Wildman–Crippen LogP) is 3.48. The van der Waals surface area contributed by atoms with E-state index in [2.05, 4.69) is 19.9 Å². The molecular formula is C15H14N2O2. The van der Waals surface area contributed by atoms with E-state index in [-0.39, 0.29) is 16.8 Å². The van der Waals surface area contributed by atoms with Crippen molar-refractivity contribution in [1.82, 2.24) is 0 Å². The summed E-state index contributed by atoms with van der Waals surface area (Å²) < 4.78 is 0. The molecule has 4 nitrogen and oxygen atoms in total. The molecule has 0 spiro atoms. The third-order valence-electron chi connectivity index (χ3n) is 3.93. The molecule has 19 heavy (non-hydrogen) atoms. The summed E-state index contributed by atoms with van der Waals surface area (Å²) in [6.45, 7) is 4.23. The van der Waals surface area contributed by atoms with E-state index in [0.29, 0.717) is 0 Å². The van der Waals surface area contributed by atoms with Gasteiger partial charge in [0.15, 0.2) is 0 Å². The molecule has 0 aromatic heterocycles. The average Bonchev–Trinajstić information content (AvgIpc) is 2.58. The number of anilines is 1. The highest BCUT2D eigenvalue weighted by atomic mass is 16.6. The zero-order chi connectivity index (χ0) is 13.8. The van der Waals surface area contributed by atoms with E-state index in [9.17, 15) is 10.1 Å². The van der Waals surface area contributed by atoms with Gasteiger partial charge in [0.1, 0.15) is 5.69 Å². The first-order chi connectivity index (χ1) is 8.93. The molecule has 1 aliphatic rings. The lowest BCUT2D eigenvalue weighted by Crippen LogP contribution is -2.15. The first kappa shape index (κ1) is 11.7. The number of rotatable bonds is 1. The van der Waals surface area contributed by atoms with Crippen LogP contribution in [0.25, 0.3) is 11.1 Å². The second-order valence-corrected chi connectivity index (χ2v) is 5.38. The van der Waals surface area contributed by atoms with E-state index < -0.39 is 4.92 Å². The quantitative estimate of drug-likeness (QED) is 0.481. The molecule has 0 aliphatic heterocycles. The minimum absolute atomic E-state index is 0.0220. The van der Waals surface area contributed by atoms with Crippen molar-refractivity contribution in [1.29, 1.82) is 0 Å². The summed E-state index contributed by atoms with van der Waals surface area (Å²) in [6.07, 6.45) is 0. The molecule has 4 heteroatoms. The second-order valence-electron chi connectivity index (χ2n) is 5.38. The van der Waals surface area contributed by atoms with Gasteiger partial charge in [-0.05, 0) is 28.3 Å². The molecule has 0 fully saturated rings. The third kappa shape index (κ3) is 1.46. The number of nitrogens with zero attached hydrogens (tertiary/aromatic N) is 1. The Morgan fingerprint density at radius 1 is 1.11 bits per heavy atom. The van der Waals surface area contributed by atoms with Crippen LogP contribution in [0.4, 0.5) is 11.4 Å². The molecule has 0 atom stereocenters. The van der Waals surface area contributed by atoms with Gasteiger partial charge in [-0.1, -0.05) is 38.1 Å². The minimum Gasteiger partial charge on any atom is -0.393 e. The SMILES string of the molecule is CC1(C)c2ccccc2-c2cc([N+](=O)[O-])c(N)cc21. The van der Waals surface area contributed by atoms with E-state index in [4.69, 9.17) is 5.73 Å². The van der Waals surface area contributed by atoms with Crippen LogP contribution in [0.2, 0.25) is 0 Å². The van der Waals surface area contributed by atoms with Crippen molar-refractivity contribution in [2.24, 2.45) is 0 Å². The summed E-state index contributed by atoms with van der Waals surface area (Å²) in [6, 6.07) is 11.3. The standard InChI is InChI=1S/C15H14N2O2/c1-15(2)11-6-4-3-5-9(11)10-7-14(17(18)19)13(16)8-12(10)15/h3-8H,16H2,1-2H3. The number of hydrogen-bond acceptors (Lipinski definition) is 3. The van der Waals surface area contributed by atoms with Crippen LogP contribution in [0.1, 0.15) is 25.0 Å². The molecule has 3 rings (SSSR count). The smallest absolute Gasteiger partial charge is 0.292 e. The molecule has 0 heterocycles. The average molecular weight is 254 g/mol. The maximum atomic E-state index is 11.0. The number of nitrogen functional groups attached to an aromatic ring is 1. The van der Waals surface area contributed by atoms with Crippen LogP contribution in [0.3, 0.4) is 0 Å². The Morgan fingerprint density at radius 2 is 1.79 bits per heavy atom. The van der Waals surface area contributed by atoms with Crippen molar-refractivity contribution in [3.8, 4) is 11.1 Å². The highest BCUT2D eigenvalue weighted by molar-refractivity contribution is 5.85. The lowest BCUT2D eigenvalue weighted by atomic mass is 9.82. The van der Waals surface area contributed by atoms with Crippen LogP contribution in [-0.2, 0) is 5.41 Å². The van der Waals surface area contributed by atoms with Crippen molar-refractivity contribution in [3.63, 3.8) is 0 Å². The Hall–Kier alpha value is -2.36. The number of nitro groups is 1. The van der Waals surface area contributed by atoms with Crippen LogP contribution in [0.15, 0.2) is 36.4 Å². The lowest BCUT2D eigenvalue weighted by Gasteiger charge is -2.21. The highest BCUT2D eigenvalue weighted by Crippen LogP contribution is 2.50. The van der Waals surface area contributed by atoms with Crippen LogP contribution in [0, 0.1) is 10.1 Å². The summed E-state index contributed by atoms with van der Waals surface area (Å²) >= 11 is 0. The van der Waals surface area contributed by atoms with E-state index in [1.54, 1.807) is 12.1 Å². The van der Waals surface area contributed by atoms with Crippen molar-refractivity contribution in [3.05, 3.63) is 57.6 Å². The number of fused-ring (bicyclic) bond motifs is 3. The van der Waals surface area contributed by atoms with Crippen LogP contribution in [-0.4, -0.2) is 4.92 Å². The van der Waals surface area contributed by atoms with Gasteiger partial charge in [0.2, 0.25) is 0 Å². The van der Waals surface area contributed by atoms with Gasteiger partial charge in [0.25, 0.3) is 5.69 Å². The fourth-order valence-electron chi connectivity index (χ4n) is 2.91. The van der Waals surface area contributed by atoms with Crippen molar-refractivity contribution < 1.29 is 4.92 Å². The van der Waals surface area contributed by atoms with Gasteiger partial charge in [-0.3, -0.25) is 10.1 Å². The van der Waals surface area contributed by atoms with Crippen LogP contribution < -0.4 is 5.73 Å². The summed E-state index contributed by atoms with van der Waals surface area (Å²) in [5.41, 5.74) is 10.1. The van der Waals surface area contributed by atoms with Crippen LogP contribution >= 0.6 is 0 Å². The molecule has 2 aromatic rings. The van der Waals surface area contributed by atoms with Gasteiger partial charge >= 0.3 is 0 Å². The van der Waals surface area contributed by atoms with Crippen LogP contribution in [0.5, 0.6) is 0 Å². The molecule has 2 aromatic carbocycles. The Kier molecular flexibility index (Phi) is 2.20. The summed E-state index contributed by atoms with van der Waals surface area (Å²) in [5.74, 6) is 0. The van der Waals surface area contributed by atoms with Gasteiger partial charge in [-0.25, -0.2) is 0 Å². The molecule has 1 aliphatic carbocycles. The topological polar surface area (TPSA) is 69.2 Å². The first-order valence-electron chi connectivity index (χ1n) is 6.11. The van der Waals surface area contributed by atoms with Crippen molar-refractivity contribution in [2.75, 3.05) is 5.73 Å². The highest BCUT2D eigenvalue weighted by Gasteiger charge is 2.36. The largest absolute Gasteiger partial charge is 0.393 e. The first-order valence-corrected chi connectivity index (χ1v) is 6.11. The molecular weight excluding hydrogens is 240 g/mol. The third-order valence-corrected chi connectivity index (χ3v) is 3.93. The molecule has 0 saturated heterocycles. The Bertz CT molecular complexity index is 705. The van der Waals surface area contributed by atoms with Gasteiger partial charge < -0.3 is 5.73 Å². The summed E-state index contributed by atoms with van der Waals surface area (Å²) in [4.78, 5) is 10.6. The lowest BCUT2D eigenvalue weighted by molar-refractivity contribution is -0.383. The Morgan fingerprint density at radius 3 is 2.47 bits per heavy atom. The molecule has 2 N–H and O–H groups in total. The maximum Gasteiger partial charge on any atom is 0.292 e. The zero-order valence-electron chi connectivity index (χ0n) is 10.8. The number of benzene rings is 2. The molecule has 0 radical (unpaired) electrons. The minimum atomic E-state index is -0.427. The second kappa shape index (κ2) is 3.57. The van der Waals surface area contributed by atoms with Crippen molar-refractivity contribution in [2.45, 2.75) is 19.3 Å². The van der Waals surface area contributed by atoms with Gasteiger partial charge in [0.05, 0.1) is 4.92 Å². The normalized spacial score (nSPS) is 14.8. The molecule has 0 unspecified atom stereocenters.